The molecule has 1 N–H and O–H groups in total. The summed E-state index contributed by atoms with van der Waals surface area (Å²) >= 11 is 0. The van der Waals surface area contributed by atoms with Gasteiger partial charge >= 0.3 is 5.97 Å². The molecule has 0 aromatic heterocycles. The Bertz CT molecular complexity index is 895. The normalized spacial score (nSPS) is 23.9. The molecule has 0 unspecified atom stereocenters. The van der Waals surface area contributed by atoms with Gasteiger partial charge in [0.05, 0.1) is 24.2 Å². The van der Waals surface area contributed by atoms with Crippen molar-refractivity contribution in [3.8, 4) is 5.75 Å². The highest BCUT2D eigenvalue weighted by Gasteiger charge is 2.40. The maximum atomic E-state index is 13.2. The number of allylic oxidation sites excluding steroid dienone is 3. The molecule has 2 aliphatic heterocycles. The zero-order valence-corrected chi connectivity index (χ0v) is 17.7. The first-order valence-electron chi connectivity index (χ1n) is 10.8. The summed E-state index contributed by atoms with van der Waals surface area (Å²) in [5, 5.41) is 3.32. The summed E-state index contributed by atoms with van der Waals surface area (Å²) in [6, 6.07) is 7.64. The van der Waals surface area contributed by atoms with Gasteiger partial charge in [-0.3, -0.25) is 4.79 Å². The molecule has 0 spiro atoms. The second-order valence-electron chi connectivity index (χ2n) is 7.97. The summed E-state index contributed by atoms with van der Waals surface area (Å²) in [6.45, 7) is 5.24. The highest BCUT2D eigenvalue weighted by molar-refractivity contribution is 6.04. The number of ether oxygens (including phenoxy) is 3. The van der Waals surface area contributed by atoms with Crippen LogP contribution in [0.1, 0.15) is 57.4 Å². The predicted octanol–water partition coefficient (Wildman–Crippen LogP) is 3.78. The minimum absolute atomic E-state index is 0.0494. The highest BCUT2D eigenvalue weighted by Crippen LogP contribution is 2.45. The summed E-state index contributed by atoms with van der Waals surface area (Å²) in [5.74, 6) is -0.128. The van der Waals surface area contributed by atoms with E-state index in [0.29, 0.717) is 36.5 Å². The van der Waals surface area contributed by atoms with Crippen molar-refractivity contribution < 1.29 is 23.8 Å². The molecule has 3 aliphatic rings. The molecule has 160 valence electrons. The van der Waals surface area contributed by atoms with Gasteiger partial charge in [-0.1, -0.05) is 18.2 Å². The fraction of sp³-hybridized carbons (Fsp3) is 0.500. The van der Waals surface area contributed by atoms with Crippen LogP contribution in [0.15, 0.2) is 46.8 Å². The van der Waals surface area contributed by atoms with Crippen molar-refractivity contribution in [3.63, 3.8) is 0 Å². The van der Waals surface area contributed by atoms with Crippen molar-refractivity contribution >= 4 is 11.8 Å². The Morgan fingerprint density at radius 2 is 2.07 bits per heavy atom. The van der Waals surface area contributed by atoms with Gasteiger partial charge in [0.1, 0.15) is 12.4 Å². The van der Waals surface area contributed by atoms with Crippen LogP contribution in [-0.4, -0.2) is 37.7 Å². The fourth-order valence-corrected chi connectivity index (χ4v) is 4.59. The number of para-hydroxylation sites is 1. The number of nitrogens with one attached hydrogen (secondary N) is 1. The standard InChI is InChI=1S/C24H29NO5/c1-3-28-20-12-5-4-9-17(20)22-21(24(27)30-14-16-8-7-13-29-16)15(2)25-18-10-6-11-19(26)23(18)22/h4-5,9,12,16,22,25H,3,6-8,10-11,13-14H2,1-2H3/t16-,22-/m0/s1. The van der Waals surface area contributed by atoms with Crippen LogP contribution in [0.5, 0.6) is 5.75 Å². The second-order valence-corrected chi connectivity index (χ2v) is 7.97. The van der Waals surface area contributed by atoms with E-state index in [4.69, 9.17) is 14.2 Å². The zero-order valence-electron chi connectivity index (χ0n) is 17.7. The number of ketones is 1. The maximum absolute atomic E-state index is 13.2. The molecule has 1 fully saturated rings. The van der Waals surface area contributed by atoms with Crippen molar-refractivity contribution in [2.24, 2.45) is 0 Å². The number of hydrogen-bond donors (Lipinski definition) is 1. The lowest BCUT2D eigenvalue weighted by Gasteiger charge is -2.34. The highest BCUT2D eigenvalue weighted by atomic mass is 16.6. The molecule has 0 bridgehead atoms. The SMILES string of the molecule is CCOc1ccccc1[C@H]1C(C(=O)OC[C@@H]2CCCO2)=C(C)NC2=C1C(=O)CCC2. The average molecular weight is 411 g/mol. The number of dihydropyridines is 1. The van der Waals surface area contributed by atoms with Crippen LogP contribution in [0.2, 0.25) is 0 Å². The van der Waals surface area contributed by atoms with Crippen LogP contribution in [0.4, 0.5) is 0 Å². The van der Waals surface area contributed by atoms with Crippen LogP contribution in [0.3, 0.4) is 0 Å². The molecule has 1 aromatic carbocycles. The first kappa shape index (κ1) is 20.7. The third kappa shape index (κ3) is 4.01. The third-order valence-corrected chi connectivity index (χ3v) is 5.95. The van der Waals surface area contributed by atoms with Gasteiger partial charge in [0.2, 0.25) is 0 Å². The zero-order chi connectivity index (χ0) is 21.1. The van der Waals surface area contributed by atoms with Gasteiger partial charge in [0, 0.05) is 35.6 Å². The summed E-state index contributed by atoms with van der Waals surface area (Å²) < 4.78 is 17.1. The molecule has 4 rings (SSSR count). The monoisotopic (exact) mass is 411 g/mol. The number of carbonyl (C=O) groups is 2. The lowest BCUT2D eigenvalue weighted by Crippen LogP contribution is -2.35. The lowest BCUT2D eigenvalue weighted by atomic mass is 9.75. The second kappa shape index (κ2) is 9.04. The average Bonchev–Trinajstić information content (AvgIpc) is 3.26. The van der Waals surface area contributed by atoms with Gasteiger partial charge in [0.15, 0.2) is 5.78 Å². The van der Waals surface area contributed by atoms with Crippen molar-refractivity contribution in [1.82, 2.24) is 5.32 Å². The van der Waals surface area contributed by atoms with E-state index in [2.05, 4.69) is 5.32 Å². The molecule has 6 nitrogen and oxygen atoms in total. The molecule has 1 aliphatic carbocycles. The molecule has 0 radical (unpaired) electrons. The maximum Gasteiger partial charge on any atom is 0.336 e. The number of Topliss-reactive ketones (excluding diaryl/α,β-unsaturated/α-hetero) is 1. The Balaban J connectivity index is 1.73. The largest absolute Gasteiger partial charge is 0.494 e. The molecule has 0 amide bonds. The fourth-order valence-electron chi connectivity index (χ4n) is 4.59. The molecule has 30 heavy (non-hydrogen) atoms. The topological polar surface area (TPSA) is 73.9 Å². The summed E-state index contributed by atoms with van der Waals surface area (Å²) in [4.78, 5) is 26.2. The van der Waals surface area contributed by atoms with Gasteiger partial charge in [-0.15, -0.1) is 0 Å². The van der Waals surface area contributed by atoms with Crippen molar-refractivity contribution in [2.75, 3.05) is 19.8 Å². The molecule has 2 heterocycles. The number of benzene rings is 1. The van der Waals surface area contributed by atoms with E-state index in [1.807, 2.05) is 38.1 Å². The van der Waals surface area contributed by atoms with E-state index in [1.54, 1.807) is 0 Å². The van der Waals surface area contributed by atoms with E-state index in [1.165, 1.54) is 0 Å². The van der Waals surface area contributed by atoms with Crippen molar-refractivity contribution in [3.05, 3.63) is 52.4 Å². The Hall–Kier alpha value is -2.60. The van der Waals surface area contributed by atoms with Crippen LogP contribution < -0.4 is 10.1 Å². The van der Waals surface area contributed by atoms with Gasteiger partial charge in [-0.05, 0) is 45.6 Å². The van der Waals surface area contributed by atoms with Gasteiger partial charge in [0.25, 0.3) is 0 Å². The van der Waals surface area contributed by atoms with E-state index < -0.39 is 11.9 Å². The Kier molecular flexibility index (Phi) is 6.23. The molecule has 1 aromatic rings. The lowest BCUT2D eigenvalue weighted by molar-refractivity contribution is -0.142. The van der Waals surface area contributed by atoms with Crippen LogP contribution in [-0.2, 0) is 19.1 Å². The van der Waals surface area contributed by atoms with Crippen LogP contribution in [0, 0.1) is 0 Å². The van der Waals surface area contributed by atoms with Gasteiger partial charge in [-0.2, -0.15) is 0 Å². The Labute approximate surface area is 177 Å². The van der Waals surface area contributed by atoms with E-state index >= 15 is 0 Å². The van der Waals surface area contributed by atoms with Gasteiger partial charge in [-0.25, -0.2) is 4.79 Å². The quantitative estimate of drug-likeness (QED) is 0.719. The molecular formula is C24H29NO5. The first-order valence-corrected chi connectivity index (χ1v) is 10.8. The summed E-state index contributed by atoms with van der Waals surface area (Å²) in [6.07, 6.45) is 3.94. The molecule has 2 atom stereocenters. The molecule has 6 heteroatoms. The van der Waals surface area contributed by atoms with Gasteiger partial charge < -0.3 is 19.5 Å². The molecular weight excluding hydrogens is 382 g/mol. The van der Waals surface area contributed by atoms with Crippen molar-refractivity contribution in [1.29, 1.82) is 0 Å². The minimum atomic E-state index is -0.492. The van der Waals surface area contributed by atoms with E-state index in [9.17, 15) is 9.59 Å². The summed E-state index contributed by atoms with van der Waals surface area (Å²) in [5.41, 5.74) is 3.62. The number of carbonyl (C=O) groups excluding carboxylic acids is 2. The Morgan fingerprint density at radius 1 is 1.23 bits per heavy atom. The van der Waals surface area contributed by atoms with Crippen LogP contribution >= 0.6 is 0 Å². The smallest absolute Gasteiger partial charge is 0.336 e. The minimum Gasteiger partial charge on any atom is -0.494 e. The summed E-state index contributed by atoms with van der Waals surface area (Å²) in [7, 11) is 0. The van der Waals surface area contributed by atoms with Crippen LogP contribution in [0.25, 0.3) is 0 Å². The van der Waals surface area contributed by atoms with E-state index in [0.717, 1.165) is 42.6 Å². The predicted molar refractivity (Wildman–Crippen MR) is 112 cm³/mol. The molecule has 0 saturated carbocycles. The number of rotatable bonds is 6. The van der Waals surface area contributed by atoms with E-state index in [-0.39, 0.29) is 18.5 Å². The molecule has 1 saturated heterocycles. The number of hydrogen-bond acceptors (Lipinski definition) is 6. The Morgan fingerprint density at radius 3 is 2.83 bits per heavy atom. The van der Waals surface area contributed by atoms with Crippen molar-refractivity contribution in [2.45, 2.75) is 58.0 Å². The third-order valence-electron chi connectivity index (χ3n) is 5.95. The number of esters is 1. The first-order chi connectivity index (χ1) is 14.6.